The molecule has 0 amide bonds. The molecule has 0 atom stereocenters. The first kappa shape index (κ1) is 10.4. The third-order valence-corrected chi connectivity index (χ3v) is 3.43. The molecule has 1 aromatic carbocycles. The molecule has 2 aliphatic rings. The van der Waals surface area contributed by atoms with Crippen LogP contribution in [0.5, 0.6) is 0 Å². The van der Waals surface area contributed by atoms with E-state index >= 15 is 0 Å². The van der Waals surface area contributed by atoms with Gasteiger partial charge in [0.25, 0.3) is 0 Å². The summed E-state index contributed by atoms with van der Waals surface area (Å²) in [5.74, 6) is 2.57. The van der Waals surface area contributed by atoms with E-state index in [4.69, 9.17) is 0 Å². The predicted molar refractivity (Wildman–Crippen MR) is 67.6 cm³/mol. The summed E-state index contributed by atoms with van der Waals surface area (Å²) in [5.41, 5.74) is 2.10. The number of carbonyl (C=O) groups excluding carboxylic acids is 1. The predicted octanol–water partition coefficient (Wildman–Crippen LogP) is 1.34. The smallest absolute Gasteiger partial charge is 0.198 e. The standard InChI is InChI=1S/C13H15N3O/c17-9-13-15-11-3-1-2-4-12(11)16(13)10-5-7-14-8-6-10/h1-4,10,14-15H,5-8H2. The molecule has 0 saturated carbocycles. The van der Waals surface area contributed by atoms with Crippen LogP contribution in [0.4, 0.5) is 11.4 Å². The molecule has 4 nitrogen and oxygen atoms in total. The number of anilines is 2. The van der Waals surface area contributed by atoms with Gasteiger partial charge in [-0.05, 0) is 38.1 Å². The van der Waals surface area contributed by atoms with Crippen LogP contribution in [0.2, 0.25) is 0 Å². The fourth-order valence-corrected chi connectivity index (χ4v) is 2.62. The molecule has 2 heterocycles. The molecule has 0 aromatic heterocycles. The molecule has 2 aliphatic heterocycles. The number of benzene rings is 1. The number of nitrogens with one attached hydrogen (secondary N) is 2. The first-order valence-corrected chi connectivity index (χ1v) is 6.01. The van der Waals surface area contributed by atoms with E-state index in [1.807, 2.05) is 24.1 Å². The zero-order valence-electron chi connectivity index (χ0n) is 9.57. The van der Waals surface area contributed by atoms with Crippen LogP contribution in [0.25, 0.3) is 0 Å². The van der Waals surface area contributed by atoms with Crippen molar-refractivity contribution in [2.45, 2.75) is 18.9 Å². The monoisotopic (exact) mass is 229 g/mol. The van der Waals surface area contributed by atoms with Gasteiger partial charge in [0.05, 0.1) is 11.4 Å². The first-order valence-electron chi connectivity index (χ1n) is 6.01. The lowest BCUT2D eigenvalue weighted by Gasteiger charge is -2.32. The lowest BCUT2D eigenvalue weighted by Crippen LogP contribution is -2.42. The van der Waals surface area contributed by atoms with Gasteiger partial charge < -0.3 is 15.5 Å². The lowest BCUT2D eigenvalue weighted by atomic mass is 10.0. The molecule has 88 valence electrons. The number of piperidine rings is 1. The summed E-state index contributed by atoms with van der Waals surface area (Å²) in [7, 11) is 0. The second-order valence-electron chi connectivity index (χ2n) is 4.44. The van der Waals surface area contributed by atoms with Crippen LogP contribution in [0.1, 0.15) is 12.8 Å². The number of hydrogen-bond donors (Lipinski definition) is 2. The van der Waals surface area contributed by atoms with Gasteiger partial charge in [-0.3, -0.25) is 0 Å². The van der Waals surface area contributed by atoms with Gasteiger partial charge in [0.2, 0.25) is 0 Å². The molecule has 1 fully saturated rings. The molecule has 2 N–H and O–H groups in total. The summed E-state index contributed by atoms with van der Waals surface area (Å²) in [5, 5.41) is 6.47. The first-order chi connectivity index (χ1) is 8.40. The van der Waals surface area contributed by atoms with Crippen LogP contribution in [0.3, 0.4) is 0 Å². The van der Waals surface area contributed by atoms with Gasteiger partial charge in [-0.2, -0.15) is 0 Å². The summed E-state index contributed by atoms with van der Waals surface area (Å²) in [6.07, 6.45) is 2.11. The van der Waals surface area contributed by atoms with Gasteiger partial charge in [0.1, 0.15) is 0 Å². The van der Waals surface area contributed by atoms with Crippen molar-refractivity contribution in [3.63, 3.8) is 0 Å². The molecule has 0 unspecified atom stereocenters. The third-order valence-electron chi connectivity index (χ3n) is 3.43. The Kier molecular flexibility index (Phi) is 2.59. The Morgan fingerprint density at radius 2 is 2.00 bits per heavy atom. The van der Waals surface area contributed by atoms with Crippen molar-refractivity contribution >= 4 is 17.3 Å². The minimum Gasteiger partial charge on any atom is -0.330 e. The van der Waals surface area contributed by atoms with Crippen molar-refractivity contribution in [2.75, 3.05) is 23.3 Å². The fourth-order valence-electron chi connectivity index (χ4n) is 2.62. The van der Waals surface area contributed by atoms with Crippen molar-refractivity contribution < 1.29 is 4.79 Å². The highest BCUT2D eigenvalue weighted by atomic mass is 16.1. The molecule has 0 radical (unpaired) electrons. The Morgan fingerprint density at radius 1 is 1.24 bits per heavy atom. The Morgan fingerprint density at radius 3 is 2.76 bits per heavy atom. The van der Waals surface area contributed by atoms with Crippen LogP contribution < -0.4 is 15.5 Å². The summed E-state index contributed by atoms with van der Waals surface area (Å²) >= 11 is 0. The van der Waals surface area contributed by atoms with Crippen LogP contribution in [-0.2, 0) is 4.79 Å². The Hall–Kier alpha value is -1.77. The van der Waals surface area contributed by atoms with E-state index < -0.39 is 0 Å². The maximum Gasteiger partial charge on any atom is 0.198 e. The molecule has 1 aromatic rings. The van der Waals surface area contributed by atoms with Crippen molar-refractivity contribution in [1.29, 1.82) is 0 Å². The van der Waals surface area contributed by atoms with E-state index in [0.717, 1.165) is 37.3 Å². The second-order valence-corrected chi connectivity index (χ2v) is 4.44. The van der Waals surface area contributed by atoms with Crippen molar-refractivity contribution in [1.82, 2.24) is 5.32 Å². The molecule has 4 heteroatoms. The third kappa shape index (κ3) is 1.71. The maximum atomic E-state index is 11.0. The molecule has 17 heavy (non-hydrogen) atoms. The topological polar surface area (TPSA) is 44.4 Å². The van der Waals surface area contributed by atoms with Gasteiger partial charge in [0, 0.05) is 6.04 Å². The Balaban J connectivity index is 1.98. The number of rotatable bonds is 1. The zero-order chi connectivity index (χ0) is 11.7. The van der Waals surface area contributed by atoms with Gasteiger partial charge in [-0.25, -0.2) is 4.79 Å². The molecular weight excluding hydrogens is 214 g/mol. The van der Waals surface area contributed by atoms with Gasteiger partial charge in [0.15, 0.2) is 11.8 Å². The highest BCUT2D eigenvalue weighted by Gasteiger charge is 2.31. The normalized spacial score (nSPS) is 19.8. The number of fused-ring (bicyclic) bond motifs is 1. The van der Waals surface area contributed by atoms with Crippen LogP contribution in [-0.4, -0.2) is 25.1 Å². The molecular formula is C13H15N3O. The summed E-state index contributed by atoms with van der Waals surface area (Å²) < 4.78 is 0. The fraction of sp³-hybridized carbons (Fsp3) is 0.385. The highest BCUT2D eigenvalue weighted by molar-refractivity contribution is 5.86. The zero-order valence-corrected chi connectivity index (χ0v) is 9.57. The van der Waals surface area contributed by atoms with Crippen molar-refractivity contribution in [3.8, 4) is 0 Å². The average Bonchev–Trinajstić information content (AvgIpc) is 2.78. The van der Waals surface area contributed by atoms with Crippen molar-refractivity contribution in [2.24, 2.45) is 0 Å². The average molecular weight is 229 g/mol. The van der Waals surface area contributed by atoms with E-state index in [2.05, 4.69) is 21.6 Å². The van der Waals surface area contributed by atoms with E-state index in [9.17, 15) is 4.79 Å². The Labute approximate surface area is 100 Å². The van der Waals surface area contributed by atoms with Gasteiger partial charge in [-0.1, -0.05) is 12.1 Å². The quantitative estimate of drug-likeness (QED) is 0.713. The summed E-state index contributed by atoms with van der Waals surface area (Å²) in [4.78, 5) is 13.1. The van der Waals surface area contributed by atoms with E-state index in [-0.39, 0.29) is 0 Å². The minimum atomic E-state index is 0.392. The molecule has 0 aliphatic carbocycles. The molecule has 3 rings (SSSR count). The number of para-hydroxylation sites is 2. The summed E-state index contributed by atoms with van der Waals surface area (Å²) in [6.45, 7) is 2.02. The second kappa shape index (κ2) is 4.24. The van der Waals surface area contributed by atoms with Crippen molar-refractivity contribution in [3.05, 3.63) is 30.1 Å². The van der Waals surface area contributed by atoms with Crippen LogP contribution in [0, 0.1) is 0 Å². The van der Waals surface area contributed by atoms with Crippen LogP contribution >= 0.6 is 0 Å². The minimum absolute atomic E-state index is 0.392. The molecule has 0 bridgehead atoms. The van der Waals surface area contributed by atoms with E-state index in [1.165, 1.54) is 0 Å². The maximum absolute atomic E-state index is 11.0. The van der Waals surface area contributed by atoms with E-state index in [1.54, 1.807) is 0 Å². The summed E-state index contributed by atoms with van der Waals surface area (Å²) in [6, 6.07) is 8.41. The number of hydrogen-bond acceptors (Lipinski definition) is 4. The van der Waals surface area contributed by atoms with Gasteiger partial charge >= 0.3 is 0 Å². The van der Waals surface area contributed by atoms with Crippen LogP contribution in [0.15, 0.2) is 30.1 Å². The molecule has 0 spiro atoms. The highest BCUT2D eigenvalue weighted by Crippen LogP contribution is 2.38. The Bertz CT molecular complexity index is 473. The lowest BCUT2D eigenvalue weighted by molar-refractivity contribution is 0.447. The van der Waals surface area contributed by atoms with E-state index in [0.29, 0.717) is 11.9 Å². The van der Waals surface area contributed by atoms with Gasteiger partial charge in [-0.15, -0.1) is 0 Å². The largest absolute Gasteiger partial charge is 0.330 e. The SMILES string of the molecule is O=C=C1Nc2ccccc2N1C1CCNCC1. The number of nitrogens with zero attached hydrogens (tertiary/aromatic N) is 1. The molecule has 1 saturated heterocycles.